The lowest BCUT2D eigenvalue weighted by atomic mass is 9.80. The minimum absolute atomic E-state index is 0.0146. The number of carbonyl (C=O) groups is 1. The lowest BCUT2D eigenvalue weighted by Crippen LogP contribution is -2.42. The first-order valence-corrected chi connectivity index (χ1v) is 13.8. The van der Waals surface area contributed by atoms with E-state index in [0.717, 1.165) is 23.3 Å². The molecular weight excluding hydrogens is 465 g/mol. The summed E-state index contributed by atoms with van der Waals surface area (Å²) in [7, 11) is 1.77. The Morgan fingerprint density at radius 1 is 1.16 bits per heavy atom. The van der Waals surface area contributed by atoms with Crippen molar-refractivity contribution in [3.63, 3.8) is 0 Å². The Kier molecular flexibility index (Phi) is 6.32. The van der Waals surface area contributed by atoms with Gasteiger partial charge in [-0.15, -0.1) is 0 Å². The molecule has 3 heterocycles. The summed E-state index contributed by atoms with van der Waals surface area (Å²) in [4.78, 5) is 22.1. The van der Waals surface area contributed by atoms with E-state index < -0.39 is 5.82 Å². The van der Waals surface area contributed by atoms with Crippen molar-refractivity contribution in [2.45, 2.75) is 57.5 Å². The highest BCUT2D eigenvalue weighted by Gasteiger charge is 2.43. The lowest BCUT2D eigenvalue weighted by Gasteiger charge is -2.35. The third-order valence-electron chi connectivity index (χ3n) is 9.24. The van der Waals surface area contributed by atoms with Crippen molar-refractivity contribution in [3.8, 4) is 5.69 Å². The molecule has 7 heteroatoms. The topological polar surface area (TPSA) is 67.4 Å². The predicted octanol–water partition coefficient (Wildman–Crippen LogP) is 4.81. The van der Waals surface area contributed by atoms with Gasteiger partial charge in [0.15, 0.2) is 0 Å². The summed E-state index contributed by atoms with van der Waals surface area (Å²) in [5.74, 6) is 2.16. The summed E-state index contributed by atoms with van der Waals surface area (Å²) in [5.41, 5.74) is 9.36. The molecule has 1 saturated heterocycles. The summed E-state index contributed by atoms with van der Waals surface area (Å²) >= 11 is 0. The van der Waals surface area contributed by atoms with Gasteiger partial charge in [0.05, 0.1) is 23.0 Å². The number of hydrogen-bond donors (Lipinski definition) is 1. The van der Waals surface area contributed by atoms with E-state index >= 15 is 0 Å². The minimum Gasteiger partial charge on any atom is -0.339 e. The molecule has 3 aliphatic rings. The Morgan fingerprint density at radius 3 is 2.57 bits per heavy atom. The van der Waals surface area contributed by atoms with Gasteiger partial charge in [0.25, 0.3) is 5.91 Å². The van der Waals surface area contributed by atoms with Gasteiger partial charge in [0.1, 0.15) is 5.82 Å². The maximum atomic E-state index is 14.3. The number of halogens is 1. The molecule has 1 aromatic carbocycles. The van der Waals surface area contributed by atoms with Gasteiger partial charge in [-0.2, -0.15) is 0 Å². The van der Waals surface area contributed by atoms with Crippen LogP contribution >= 0.6 is 0 Å². The van der Waals surface area contributed by atoms with Gasteiger partial charge in [0, 0.05) is 56.5 Å². The van der Waals surface area contributed by atoms with Gasteiger partial charge < -0.3 is 20.1 Å². The van der Waals surface area contributed by atoms with Gasteiger partial charge >= 0.3 is 0 Å². The highest BCUT2D eigenvalue weighted by atomic mass is 19.1. The van der Waals surface area contributed by atoms with E-state index in [9.17, 15) is 9.18 Å². The van der Waals surface area contributed by atoms with E-state index in [2.05, 4.69) is 26.7 Å². The molecule has 196 valence electrons. The molecular formula is C30H38FN5O. The van der Waals surface area contributed by atoms with Crippen molar-refractivity contribution >= 4 is 16.8 Å². The maximum Gasteiger partial charge on any atom is 0.256 e. The fourth-order valence-electron chi connectivity index (χ4n) is 7.04. The third kappa shape index (κ3) is 4.46. The first-order valence-electron chi connectivity index (χ1n) is 13.8. The second kappa shape index (κ2) is 9.52. The molecule has 3 aromatic rings. The molecule has 2 aliphatic carbocycles. The predicted molar refractivity (Wildman–Crippen MR) is 144 cm³/mol. The molecule has 1 aliphatic heterocycles. The smallest absolute Gasteiger partial charge is 0.256 e. The first-order chi connectivity index (χ1) is 17.8. The number of carbonyl (C=O) groups excluding carboxylic acids is 1. The molecule has 6 rings (SSSR count). The SMILES string of the molecule is CC(C)N(C)C(=O)c1cc(F)ccc1-n1cc(C2CC3CN(CC4CC(N)C4)CC3C2)c2ccncc21. The zero-order valence-electron chi connectivity index (χ0n) is 22.1. The number of pyridine rings is 1. The number of nitrogens with two attached hydrogens (primary N) is 1. The van der Waals surface area contributed by atoms with Crippen molar-refractivity contribution in [3.05, 3.63) is 59.8 Å². The molecule has 0 spiro atoms. The van der Waals surface area contributed by atoms with E-state index in [1.165, 1.54) is 68.4 Å². The number of nitrogens with zero attached hydrogens (tertiary/aromatic N) is 4. The summed E-state index contributed by atoms with van der Waals surface area (Å²) in [6, 6.07) is 7.05. The molecule has 0 bridgehead atoms. The number of benzene rings is 1. The van der Waals surface area contributed by atoms with Crippen LogP contribution in [0, 0.1) is 23.6 Å². The van der Waals surface area contributed by atoms with Crippen LogP contribution in [-0.4, -0.2) is 64.0 Å². The third-order valence-corrected chi connectivity index (χ3v) is 9.24. The molecule has 0 radical (unpaired) electrons. The normalized spacial score (nSPS) is 27.6. The van der Waals surface area contributed by atoms with Crippen LogP contribution in [0.2, 0.25) is 0 Å². The number of rotatable bonds is 6. The Morgan fingerprint density at radius 2 is 1.89 bits per heavy atom. The molecule has 37 heavy (non-hydrogen) atoms. The van der Waals surface area contributed by atoms with Crippen molar-refractivity contribution in [1.29, 1.82) is 0 Å². The Bertz CT molecular complexity index is 1300. The summed E-state index contributed by atoms with van der Waals surface area (Å²) in [6.07, 6.45) is 10.6. The van der Waals surface area contributed by atoms with Crippen molar-refractivity contribution in [2.75, 3.05) is 26.7 Å². The maximum absolute atomic E-state index is 14.3. The van der Waals surface area contributed by atoms with Crippen LogP contribution in [0.3, 0.4) is 0 Å². The van der Waals surface area contributed by atoms with Gasteiger partial charge in [-0.3, -0.25) is 9.78 Å². The first kappa shape index (κ1) is 24.6. The van der Waals surface area contributed by atoms with Gasteiger partial charge in [0.2, 0.25) is 0 Å². The number of aromatic nitrogens is 2. The number of hydrogen-bond acceptors (Lipinski definition) is 4. The molecule has 6 nitrogen and oxygen atoms in total. The molecule has 2 N–H and O–H groups in total. The zero-order valence-corrected chi connectivity index (χ0v) is 22.1. The van der Waals surface area contributed by atoms with Crippen LogP contribution in [0.1, 0.15) is 61.4 Å². The summed E-state index contributed by atoms with van der Waals surface area (Å²) < 4.78 is 16.4. The number of amides is 1. The van der Waals surface area contributed by atoms with Crippen LogP contribution in [-0.2, 0) is 0 Å². The molecule has 3 fully saturated rings. The van der Waals surface area contributed by atoms with E-state index in [-0.39, 0.29) is 11.9 Å². The fraction of sp³-hybridized carbons (Fsp3) is 0.533. The van der Waals surface area contributed by atoms with E-state index in [4.69, 9.17) is 5.73 Å². The largest absolute Gasteiger partial charge is 0.339 e. The summed E-state index contributed by atoms with van der Waals surface area (Å²) in [6.45, 7) is 7.53. The fourth-order valence-corrected chi connectivity index (χ4v) is 7.04. The molecule has 2 atom stereocenters. The van der Waals surface area contributed by atoms with Gasteiger partial charge in [-0.1, -0.05) is 0 Å². The standard InChI is InChI=1S/C30H38FN5O/c1-18(2)34(3)30(37)26-12-23(31)4-5-28(26)36-17-27(25-6-7-33-13-29(25)36)20-10-21-15-35(16-22(21)11-20)14-19-8-24(32)9-19/h4-7,12-13,17-22,24H,8-11,14-16,32H2,1-3H3. The highest BCUT2D eigenvalue weighted by Crippen LogP contribution is 2.48. The van der Waals surface area contributed by atoms with Crippen LogP contribution in [0.4, 0.5) is 4.39 Å². The van der Waals surface area contributed by atoms with Crippen molar-refractivity contribution in [1.82, 2.24) is 19.4 Å². The highest BCUT2D eigenvalue weighted by molar-refractivity contribution is 5.99. The lowest BCUT2D eigenvalue weighted by molar-refractivity contribution is 0.0754. The number of likely N-dealkylation sites (tertiary alicyclic amines) is 1. The van der Waals surface area contributed by atoms with Gasteiger partial charge in [-0.05, 0) is 93.0 Å². The van der Waals surface area contributed by atoms with Crippen LogP contribution in [0.5, 0.6) is 0 Å². The molecule has 2 aromatic heterocycles. The number of fused-ring (bicyclic) bond motifs is 2. The van der Waals surface area contributed by atoms with E-state index in [1.807, 2.05) is 26.2 Å². The minimum atomic E-state index is -0.406. The molecule has 2 saturated carbocycles. The van der Waals surface area contributed by atoms with Gasteiger partial charge in [-0.25, -0.2) is 4.39 Å². The second-order valence-electron chi connectivity index (χ2n) is 12.0. The van der Waals surface area contributed by atoms with E-state index in [1.54, 1.807) is 18.0 Å². The van der Waals surface area contributed by atoms with Crippen molar-refractivity contribution in [2.24, 2.45) is 23.5 Å². The van der Waals surface area contributed by atoms with Crippen LogP contribution in [0.25, 0.3) is 16.6 Å². The monoisotopic (exact) mass is 503 g/mol. The second-order valence-corrected chi connectivity index (χ2v) is 12.0. The Balaban J connectivity index is 1.29. The van der Waals surface area contributed by atoms with Crippen LogP contribution in [0.15, 0.2) is 42.9 Å². The van der Waals surface area contributed by atoms with E-state index in [0.29, 0.717) is 23.2 Å². The molecule has 1 amide bonds. The van der Waals surface area contributed by atoms with Crippen LogP contribution < -0.4 is 5.73 Å². The average molecular weight is 504 g/mol. The quantitative estimate of drug-likeness (QED) is 0.524. The van der Waals surface area contributed by atoms with Crippen molar-refractivity contribution < 1.29 is 9.18 Å². The molecule has 2 unspecified atom stereocenters. The zero-order chi connectivity index (χ0) is 25.8. The Hall–Kier alpha value is -2.77. The summed E-state index contributed by atoms with van der Waals surface area (Å²) in [5, 5.41) is 1.18. The average Bonchev–Trinajstić information content (AvgIpc) is 3.53. The Labute approximate surface area is 218 Å².